The summed E-state index contributed by atoms with van der Waals surface area (Å²) in [6.45, 7) is 2.99. The van der Waals surface area contributed by atoms with Crippen LogP contribution in [0.5, 0.6) is 0 Å². The van der Waals surface area contributed by atoms with E-state index in [4.69, 9.17) is 5.11 Å². The van der Waals surface area contributed by atoms with Gasteiger partial charge in [-0.1, -0.05) is 0 Å². The molecule has 0 aromatic rings. The van der Waals surface area contributed by atoms with Crippen molar-refractivity contribution in [3.63, 3.8) is 0 Å². The Kier molecular flexibility index (Phi) is 3.50. The van der Waals surface area contributed by atoms with Crippen LogP contribution in [0.2, 0.25) is 0 Å². The topological polar surface area (TPSA) is 101 Å². The van der Waals surface area contributed by atoms with Crippen LogP contribution in [0, 0.1) is 0 Å². The molecule has 2 rings (SSSR count). The largest absolute Gasteiger partial charge is 0.523 e. The van der Waals surface area contributed by atoms with Gasteiger partial charge in [-0.25, -0.2) is 8.98 Å². The molecular formula is C9H10F3NO6S2. The molecule has 2 aliphatic heterocycles. The molecule has 2 heterocycles. The maximum Gasteiger partial charge on any atom is 0.523 e. The minimum Gasteiger partial charge on any atom is -0.480 e. The van der Waals surface area contributed by atoms with E-state index in [0.29, 0.717) is 0 Å². The lowest BCUT2D eigenvalue weighted by atomic mass is 9.97. The first-order valence-corrected chi connectivity index (χ1v) is 7.81. The predicted molar refractivity (Wildman–Crippen MR) is 63.6 cm³/mol. The molecule has 2 aliphatic rings. The number of amides is 1. The summed E-state index contributed by atoms with van der Waals surface area (Å²) in [5.74, 6) is -2.40. The number of carbonyl (C=O) groups excluding carboxylic acids is 1. The van der Waals surface area contributed by atoms with Crippen molar-refractivity contribution >= 4 is 33.8 Å². The van der Waals surface area contributed by atoms with E-state index in [0.717, 1.165) is 16.7 Å². The van der Waals surface area contributed by atoms with Gasteiger partial charge in [0, 0.05) is 4.75 Å². The fourth-order valence-corrected chi connectivity index (χ4v) is 4.50. The van der Waals surface area contributed by atoms with Crippen LogP contribution in [0.4, 0.5) is 13.2 Å². The lowest BCUT2D eigenvalue weighted by Crippen LogP contribution is -2.67. The van der Waals surface area contributed by atoms with Crippen molar-refractivity contribution in [2.75, 3.05) is 0 Å². The Morgan fingerprint density at radius 3 is 2.38 bits per heavy atom. The molecule has 120 valence electrons. The normalized spacial score (nSPS) is 31.8. The summed E-state index contributed by atoms with van der Waals surface area (Å²) in [7, 11) is -5.91. The van der Waals surface area contributed by atoms with Crippen LogP contribution in [-0.2, 0) is 23.9 Å². The van der Waals surface area contributed by atoms with Gasteiger partial charge in [-0.05, 0) is 13.8 Å². The monoisotopic (exact) mass is 349 g/mol. The summed E-state index contributed by atoms with van der Waals surface area (Å²) >= 11 is 0.885. The van der Waals surface area contributed by atoms with E-state index >= 15 is 0 Å². The van der Waals surface area contributed by atoms with E-state index in [1.807, 2.05) is 0 Å². The van der Waals surface area contributed by atoms with Gasteiger partial charge in [-0.3, -0.25) is 4.79 Å². The zero-order valence-electron chi connectivity index (χ0n) is 10.6. The lowest BCUT2D eigenvalue weighted by Gasteiger charge is -2.42. The number of fused-ring (bicyclic) bond motifs is 1. The van der Waals surface area contributed by atoms with Crippen LogP contribution in [0.3, 0.4) is 0 Å². The van der Waals surface area contributed by atoms with Gasteiger partial charge in [0.25, 0.3) is 5.91 Å². The minimum absolute atomic E-state index is 0.837. The second-order valence-corrected chi connectivity index (χ2v) is 8.35. The number of β-lactam (4-membered cyclic amide) rings is 1. The van der Waals surface area contributed by atoms with E-state index in [9.17, 15) is 31.2 Å². The van der Waals surface area contributed by atoms with E-state index in [1.165, 1.54) is 13.8 Å². The molecule has 0 aromatic heterocycles. The second kappa shape index (κ2) is 4.49. The van der Waals surface area contributed by atoms with Crippen LogP contribution < -0.4 is 0 Å². The number of halogens is 3. The van der Waals surface area contributed by atoms with Crippen molar-refractivity contribution in [3.8, 4) is 0 Å². The summed E-state index contributed by atoms with van der Waals surface area (Å²) < 4.78 is 61.5. The number of carbonyl (C=O) groups is 2. The van der Waals surface area contributed by atoms with Gasteiger partial charge >= 0.3 is 21.6 Å². The first kappa shape index (κ1) is 16.4. The second-order valence-electron chi connectivity index (χ2n) is 5.01. The molecule has 1 amide bonds. The van der Waals surface area contributed by atoms with Gasteiger partial charge in [-0.15, -0.1) is 11.8 Å². The predicted octanol–water partition coefficient (Wildman–Crippen LogP) is 0.368. The molecule has 0 aliphatic carbocycles. The summed E-state index contributed by atoms with van der Waals surface area (Å²) in [6, 6.07) is -1.26. The molecule has 7 nitrogen and oxygen atoms in total. The number of hydrogen-bond acceptors (Lipinski definition) is 6. The Morgan fingerprint density at radius 1 is 1.43 bits per heavy atom. The van der Waals surface area contributed by atoms with Crippen molar-refractivity contribution in [1.29, 1.82) is 0 Å². The standard InChI is InChI=1S/C9H10F3NO6S2/c1-8(2)4(7(15)16)13-5(14)3(6(13)20-8)19-21(17,18)9(10,11)12/h3-4,6H,1-2H3,(H,15,16)/t3-,4-,6+/m0/s1. The van der Waals surface area contributed by atoms with E-state index in [-0.39, 0.29) is 0 Å². The third kappa shape index (κ3) is 2.38. The van der Waals surface area contributed by atoms with Crippen molar-refractivity contribution < 1.29 is 40.5 Å². The average Bonchev–Trinajstić information content (AvgIpc) is 2.53. The molecule has 2 saturated heterocycles. The maximum atomic E-state index is 12.2. The number of carboxylic acids is 1. The number of rotatable bonds is 3. The fraction of sp³-hybridized carbons (Fsp3) is 0.778. The molecule has 2 fully saturated rings. The zero-order valence-corrected chi connectivity index (χ0v) is 12.3. The first-order valence-electron chi connectivity index (χ1n) is 5.52. The van der Waals surface area contributed by atoms with Crippen LogP contribution in [0.1, 0.15) is 13.8 Å². The van der Waals surface area contributed by atoms with Gasteiger partial charge < -0.3 is 10.0 Å². The van der Waals surface area contributed by atoms with Crippen molar-refractivity contribution in [3.05, 3.63) is 0 Å². The highest BCUT2D eigenvalue weighted by Crippen LogP contribution is 2.52. The van der Waals surface area contributed by atoms with Gasteiger partial charge in [-0.2, -0.15) is 21.6 Å². The molecule has 0 saturated carbocycles. The van der Waals surface area contributed by atoms with Crippen molar-refractivity contribution in [2.45, 2.75) is 41.6 Å². The zero-order chi connectivity index (χ0) is 16.4. The molecule has 3 atom stereocenters. The molecular weight excluding hydrogens is 339 g/mol. The third-order valence-electron chi connectivity index (χ3n) is 3.14. The van der Waals surface area contributed by atoms with Gasteiger partial charge in [0.1, 0.15) is 11.4 Å². The summed E-state index contributed by atoms with van der Waals surface area (Å²) in [4.78, 5) is 23.7. The molecule has 0 spiro atoms. The minimum atomic E-state index is -5.91. The average molecular weight is 349 g/mol. The van der Waals surface area contributed by atoms with Gasteiger partial charge in [0.05, 0.1) is 0 Å². The lowest BCUT2D eigenvalue weighted by molar-refractivity contribution is -0.168. The third-order valence-corrected chi connectivity index (χ3v) is 5.71. The van der Waals surface area contributed by atoms with Crippen LogP contribution in [0.25, 0.3) is 0 Å². The Hall–Kier alpha value is -1.01. The number of carboxylic acid groups (broad SMARTS) is 1. The number of nitrogens with zero attached hydrogens (tertiary/aromatic N) is 1. The quantitative estimate of drug-likeness (QED) is 0.446. The highest BCUT2D eigenvalue weighted by Gasteiger charge is 2.66. The molecule has 0 unspecified atom stereocenters. The Morgan fingerprint density at radius 2 is 1.95 bits per heavy atom. The van der Waals surface area contributed by atoms with Crippen LogP contribution >= 0.6 is 11.8 Å². The fourth-order valence-electron chi connectivity index (χ4n) is 2.26. The number of alkyl halides is 3. The van der Waals surface area contributed by atoms with Crippen molar-refractivity contribution in [1.82, 2.24) is 4.90 Å². The van der Waals surface area contributed by atoms with E-state index < -0.39 is 49.8 Å². The van der Waals surface area contributed by atoms with Crippen molar-refractivity contribution in [2.24, 2.45) is 0 Å². The number of thioether (sulfide) groups is 1. The van der Waals surface area contributed by atoms with Crippen LogP contribution in [0.15, 0.2) is 0 Å². The van der Waals surface area contributed by atoms with E-state index in [2.05, 4.69) is 4.18 Å². The van der Waals surface area contributed by atoms with Gasteiger partial charge in [0.2, 0.25) is 0 Å². The highest BCUT2D eigenvalue weighted by molar-refractivity contribution is 8.01. The Balaban J connectivity index is 2.23. The highest BCUT2D eigenvalue weighted by atomic mass is 32.2. The summed E-state index contributed by atoms with van der Waals surface area (Å²) in [6.07, 6.45) is -1.86. The molecule has 21 heavy (non-hydrogen) atoms. The summed E-state index contributed by atoms with van der Waals surface area (Å²) in [5, 5.41) is 8.01. The molecule has 12 heteroatoms. The SMILES string of the molecule is CC1(C)S[C@@H]2[C@@H](OS(=O)(=O)C(F)(F)F)C(=O)N2[C@H]1C(=O)O. The van der Waals surface area contributed by atoms with E-state index in [1.54, 1.807) is 0 Å². The molecule has 0 aromatic carbocycles. The molecule has 1 N–H and O–H groups in total. The first-order chi connectivity index (χ1) is 9.29. The van der Waals surface area contributed by atoms with Crippen LogP contribution in [-0.4, -0.2) is 58.1 Å². The number of hydrogen-bond donors (Lipinski definition) is 1. The maximum absolute atomic E-state index is 12.2. The molecule has 0 radical (unpaired) electrons. The molecule has 0 bridgehead atoms. The Bertz CT molecular complexity index is 601. The van der Waals surface area contributed by atoms with Gasteiger partial charge in [0.15, 0.2) is 6.10 Å². The Labute approximate surface area is 121 Å². The summed E-state index contributed by atoms with van der Waals surface area (Å²) in [5.41, 5.74) is -5.64. The number of aliphatic carboxylic acids is 1. The smallest absolute Gasteiger partial charge is 0.480 e.